The van der Waals surface area contributed by atoms with E-state index < -0.39 is 22.7 Å². The van der Waals surface area contributed by atoms with E-state index in [0.29, 0.717) is 4.68 Å². The molecule has 11 heteroatoms. The molecule has 16 heavy (non-hydrogen) atoms. The Morgan fingerprint density at radius 3 is 2.81 bits per heavy atom. The Bertz CT molecular complexity index is 546. The Morgan fingerprint density at radius 2 is 2.25 bits per heavy atom. The number of nitrogens with zero attached hydrogens (tertiary/aromatic N) is 7. The number of carbonyl (C=O) groups excluding carboxylic acids is 1. The second kappa shape index (κ2) is 3.45. The normalized spacial score (nSPS) is 10.3. The highest BCUT2D eigenvalue weighted by atomic mass is 19.1. The molecular weight excluding hydrogens is 225 g/mol. The Balaban J connectivity index is 2.49. The first-order valence-electron chi connectivity index (χ1n) is 3.78. The standard InChI is InChI=1S/C5H2FN7O3/c6-3-4(13(15)16)12(10-8-3)5(14)11-2-1-7-9-11/h1-2H. The molecule has 0 amide bonds. The summed E-state index contributed by atoms with van der Waals surface area (Å²) >= 11 is 0. The highest BCUT2D eigenvalue weighted by molar-refractivity contribution is 5.79. The zero-order valence-corrected chi connectivity index (χ0v) is 7.39. The number of carbonyl (C=O) groups is 1. The molecule has 0 bridgehead atoms. The van der Waals surface area contributed by atoms with E-state index in [1.165, 1.54) is 6.20 Å². The maximum absolute atomic E-state index is 12.8. The molecule has 2 heterocycles. The summed E-state index contributed by atoms with van der Waals surface area (Å²) in [6, 6.07) is -1.06. The minimum Gasteiger partial charge on any atom is -0.358 e. The Labute approximate surface area is 85.4 Å². The monoisotopic (exact) mass is 227 g/mol. The fourth-order valence-corrected chi connectivity index (χ4v) is 0.947. The molecule has 0 radical (unpaired) electrons. The van der Waals surface area contributed by atoms with Gasteiger partial charge in [0.15, 0.2) is 0 Å². The van der Waals surface area contributed by atoms with Crippen molar-refractivity contribution in [1.82, 2.24) is 30.0 Å². The molecule has 82 valence electrons. The largest absolute Gasteiger partial charge is 0.464 e. The van der Waals surface area contributed by atoms with E-state index in [-0.39, 0.29) is 4.68 Å². The predicted molar refractivity (Wildman–Crippen MR) is 42.8 cm³/mol. The third-order valence-corrected chi connectivity index (χ3v) is 1.58. The van der Waals surface area contributed by atoms with E-state index in [1.807, 2.05) is 0 Å². The summed E-state index contributed by atoms with van der Waals surface area (Å²) in [5.41, 5.74) is 0. The van der Waals surface area contributed by atoms with Gasteiger partial charge in [-0.1, -0.05) is 10.3 Å². The molecule has 0 fully saturated rings. The van der Waals surface area contributed by atoms with Crippen LogP contribution in [0.15, 0.2) is 12.4 Å². The van der Waals surface area contributed by atoms with Gasteiger partial charge >= 0.3 is 17.8 Å². The van der Waals surface area contributed by atoms with Crippen LogP contribution in [0.2, 0.25) is 0 Å². The lowest BCUT2D eigenvalue weighted by atomic mass is 10.7. The van der Waals surface area contributed by atoms with Gasteiger partial charge in [-0.25, -0.2) is 4.79 Å². The average Bonchev–Trinajstić information content (AvgIpc) is 2.84. The predicted octanol–water partition coefficient (Wildman–Crippen LogP) is -0.567. The van der Waals surface area contributed by atoms with Crippen molar-refractivity contribution in [2.45, 2.75) is 0 Å². The van der Waals surface area contributed by atoms with Crippen LogP contribution >= 0.6 is 0 Å². The third kappa shape index (κ3) is 1.39. The number of hydrogen-bond acceptors (Lipinski definition) is 7. The molecule has 0 N–H and O–H groups in total. The van der Waals surface area contributed by atoms with Crippen LogP contribution in [-0.4, -0.2) is 40.9 Å². The summed E-state index contributed by atoms with van der Waals surface area (Å²) in [5.74, 6) is -2.60. The maximum Gasteiger partial charge on any atom is 0.464 e. The van der Waals surface area contributed by atoms with Crippen LogP contribution in [0.1, 0.15) is 0 Å². The van der Waals surface area contributed by atoms with E-state index in [9.17, 15) is 19.3 Å². The van der Waals surface area contributed by atoms with Crippen molar-refractivity contribution >= 4 is 11.8 Å². The van der Waals surface area contributed by atoms with E-state index >= 15 is 0 Å². The van der Waals surface area contributed by atoms with Gasteiger partial charge in [-0.2, -0.15) is 4.39 Å². The first-order chi connectivity index (χ1) is 7.61. The molecule has 0 unspecified atom stereocenters. The van der Waals surface area contributed by atoms with Crippen molar-refractivity contribution in [3.05, 3.63) is 28.5 Å². The Hall–Kier alpha value is -2.72. The van der Waals surface area contributed by atoms with Gasteiger partial charge in [-0.3, -0.25) is 0 Å². The van der Waals surface area contributed by atoms with E-state index in [1.54, 1.807) is 0 Å². The minimum atomic E-state index is -1.45. The van der Waals surface area contributed by atoms with E-state index in [2.05, 4.69) is 20.6 Å². The van der Waals surface area contributed by atoms with Gasteiger partial charge < -0.3 is 10.1 Å². The molecule has 0 aliphatic carbocycles. The molecule has 2 rings (SSSR count). The Kier molecular flexibility index (Phi) is 2.12. The molecule has 2 aromatic heterocycles. The first-order valence-corrected chi connectivity index (χ1v) is 3.78. The zero-order chi connectivity index (χ0) is 11.7. The molecule has 2 aromatic rings. The van der Waals surface area contributed by atoms with Crippen LogP contribution in [0, 0.1) is 16.1 Å². The first kappa shape index (κ1) is 9.82. The average molecular weight is 227 g/mol. The van der Waals surface area contributed by atoms with Crippen molar-refractivity contribution in [3.63, 3.8) is 0 Å². The van der Waals surface area contributed by atoms with Crippen molar-refractivity contribution in [1.29, 1.82) is 0 Å². The fraction of sp³-hybridized carbons (Fsp3) is 0. The van der Waals surface area contributed by atoms with E-state index in [0.717, 1.165) is 6.20 Å². The van der Waals surface area contributed by atoms with Gasteiger partial charge in [-0.15, -0.1) is 9.78 Å². The number of nitro groups is 1. The molecule has 0 atom stereocenters. The number of aromatic nitrogens is 6. The molecule has 10 nitrogen and oxygen atoms in total. The maximum atomic E-state index is 12.8. The van der Waals surface area contributed by atoms with Crippen LogP contribution in [0.25, 0.3) is 0 Å². The van der Waals surface area contributed by atoms with Crippen LogP contribution in [-0.2, 0) is 0 Å². The summed E-state index contributed by atoms with van der Waals surface area (Å²) in [4.78, 5) is 20.8. The molecule has 0 aromatic carbocycles. The smallest absolute Gasteiger partial charge is 0.358 e. The Morgan fingerprint density at radius 1 is 1.50 bits per heavy atom. The van der Waals surface area contributed by atoms with Crippen LogP contribution in [0.4, 0.5) is 15.0 Å². The summed E-state index contributed by atoms with van der Waals surface area (Å²) < 4.78 is 13.7. The molecule has 0 saturated carbocycles. The molecule has 0 aliphatic rings. The van der Waals surface area contributed by atoms with Crippen molar-refractivity contribution < 1.29 is 14.1 Å². The van der Waals surface area contributed by atoms with Gasteiger partial charge in [0, 0.05) is 5.21 Å². The minimum absolute atomic E-state index is 0.185. The summed E-state index contributed by atoms with van der Waals surface area (Å²) in [6.07, 6.45) is 2.31. The molecular formula is C5H2FN7O3. The summed E-state index contributed by atoms with van der Waals surface area (Å²) in [7, 11) is 0. The lowest BCUT2D eigenvalue weighted by Gasteiger charge is -1.94. The highest BCUT2D eigenvalue weighted by Gasteiger charge is 2.31. The molecule has 0 aliphatic heterocycles. The number of halogens is 1. The molecule has 0 spiro atoms. The lowest BCUT2D eigenvalue weighted by molar-refractivity contribution is -0.394. The second-order valence-corrected chi connectivity index (χ2v) is 2.50. The van der Waals surface area contributed by atoms with Crippen molar-refractivity contribution in [3.8, 4) is 0 Å². The SMILES string of the molecule is O=C(n1ccnn1)n1nnc(F)c1[N+](=O)[O-]. The van der Waals surface area contributed by atoms with Gasteiger partial charge in [-0.05, 0) is 9.61 Å². The van der Waals surface area contributed by atoms with Gasteiger partial charge in [0.05, 0.1) is 12.4 Å². The lowest BCUT2D eigenvalue weighted by Crippen LogP contribution is -2.22. The number of hydrogen-bond donors (Lipinski definition) is 0. The highest BCUT2D eigenvalue weighted by Crippen LogP contribution is 2.13. The van der Waals surface area contributed by atoms with Crippen molar-refractivity contribution in [2.75, 3.05) is 0 Å². The van der Waals surface area contributed by atoms with Crippen LogP contribution < -0.4 is 0 Å². The summed E-state index contributed by atoms with van der Waals surface area (Å²) in [5, 5.41) is 22.8. The zero-order valence-electron chi connectivity index (χ0n) is 7.39. The van der Waals surface area contributed by atoms with Crippen LogP contribution in [0.3, 0.4) is 0 Å². The van der Waals surface area contributed by atoms with E-state index in [4.69, 9.17) is 0 Å². The van der Waals surface area contributed by atoms with Crippen LogP contribution in [0.5, 0.6) is 0 Å². The van der Waals surface area contributed by atoms with Crippen molar-refractivity contribution in [2.24, 2.45) is 0 Å². The topological polar surface area (TPSA) is 122 Å². The van der Waals surface area contributed by atoms with Gasteiger partial charge in [0.2, 0.25) is 0 Å². The number of rotatable bonds is 1. The fourth-order valence-electron chi connectivity index (χ4n) is 0.947. The van der Waals surface area contributed by atoms with Gasteiger partial charge in [0.1, 0.15) is 0 Å². The summed E-state index contributed by atoms with van der Waals surface area (Å²) in [6.45, 7) is 0. The molecule has 0 saturated heterocycles. The second-order valence-electron chi connectivity index (χ2n) is 2.50. The van der Waals surface area contributed by atoms with Gasteiger partial charge in [0.25, 0.3) is 0 Å². The third-order valence-electron chi connectivity index (χ3n) is 1.58. The quantitative estimate of drug-likeness (QED) is 0.472.